The van der Waals surface area contributed by atoms with Crippen molar-refractivity contribution in [1.29, 1.82) is 0 Å². The van der Waals surface area contributed by atoms with E-state index in [-0.39, 0.29) is 0 Å². The third-order valence-corrected chi connectivity index (χ3v) is 3.39. The van der Waals surface area contributed by atoms with Crippen molar-refractivity contribution in [2.45, 2.75) is 50.6 Å². The van der Waals surface area contributed by atoms with Crippen LogP contribution in [0, 0.1) is 5.92 Å². The van der Waals surface area contributed by atoms with Crippen molar-refractivity contribution in [3.63, 3.8) is 0 Å². The average molecular weight is 208 g/mol. The van der Waals surface area contributed by atoms with Crippen LogP contribution in [0.25, 0.3) is 0 Å². The van der Waals surface area contributed by atoms with E-state index in [2.05, 4.69) is 15.3 Å². The second kappa shape index (κ2) is 3.67. The van der Waals surface area contributed by atoms with Crippen LogP contribution in [0.5, 0.6) is 0 Å². The number of rotatable bonds is 4. The van der Waals surface area contributed by atoms with Crippen molar-refractivity contribution in [2.75, 3.05) is 6.54 Å². The second-order valence-electron chi connectivity index (χ2n) is 5.16. The molecule has 3 N–H and O–H groups in total. The Morgan fingerprint density at radius 3 is 2.40 bits per heavy atom. The Hall–Kier alpha value is -0.770. The molecule has 0 heterocycles. The highest BCUT2D eigenvalue weighted by Gasteiger charge is 2.36. The van der Waals surface area contributed by atoms with E-state index in [1.807, 2.05) is 0 Å². The van der Waals surface area contributed by atoms with Gasteiger partial charge in [-0.2, -0.15) is 0 Å². The van der Waals surface area contributed by atoms with Crippen molar-refractivity contribution >= 4 is 5.96 Å². The molecular weight excluding hydrogens is 188 g/mol. The van der Waals surface area contributed by atoms with E-state index in [1.165, 1.54) is 45.1 Å². The lowest BCUT2D eigenvalue weighted by molar-refractivity contribution is 0.375. The first-order chi connectivity index (χ1) is 7.36. The molecule has 0 atom stereocenters. The number of guanidine groups is 1. The van der Waals surface area contributed by atoms with Gasteiger partial charge in [0, 0.05) is 12.6 Å². The predicted octanol–water partition coefficient (Wildman–Crippen LogP) is 0.842. The van der Waals surface area contributed by atoms with Crippen LogP contribution in [0.15, 0.2) is 4.99 Å². The summed E-state index contributed by atoms with van der Waals surface area (Å²) in [5.74, 6) is 7.45. The lowest BCUT2D eigenvalue weighted by Gasteiger charge is -2.25. The standard InChI is InChI=1S/C11H20N4/c12-14-11(13-9-3-4-9)15(10-5-6-10)7-8-1-2-8/h8-10H,1-7,12H2,(H,13,14). The quantitative estimate of drug-likeness (QED) is 0.311. The highest BCUT2D eigenvalue weighted by atomic mass is 15.4. The Morgan fingerprint density at radius 2 is 1.93 bits per heavy atom. The fourth-order valence-corrected chi connectivity index (χ4v) is 1.94. The summed E-state index contributed by atoms with van der Waals surface area (Å²) in [6.45, 7) is 1.17. The zero-order chi connectivity index (χ0) is 10.3. The SMILES string of the molecule is NNC(=NC1CC1)N(CC1CC1)C1CC1. The van der Waals surface area contributed by atoms with Gasteiger partial charge >= 0.3 is 0 Å². The van der Waals surface area contributed by atoms with Gasteiger partial charge in [-0.1, -0.05) is 0 Å². The molecule has 3 fully saturated rings. The zero-order valence-electron chi connectivity index (χ0n) is 9.15. The summed E-state index contributed by atoms with van der Waals surface area (Å²) in [7, 11) is 0. The fraction of sp³-hybridized carbons (Fsp3) is 0.909. The minimum absolute atomic E-state index is 0.552. The van der Waals surface area contributed by atoms with E-state index in [9.17, 15) is 0 Å². The molecule has 0 unspecified atom stereocenters. The Kier molecular flexibility index (Phi) is 2.31. The van der Waals surface area contributed by atoms with Crippen LogP contribution in [-0.4, -0.2) is 29.5 Å². The van der Waals surface area contributed by atoms with Crippen LogP contribution in [0.3, 0.4) is 0 Å². The first kappa shape index (κ1) is 9.46. The van der Waals surface area contributed by atoms with Crippen molar-refractivity contribution in [3.05, 3.63) is 0 Å². The third-order valence-electron chi connectivity index (χ3n) is 3.39. The molecule has 0 spiro atoms. The van der Waals surface area contributed by atoms with E-state index in [1.54, 1.807) is 0 Å². The van der Waals surface area contributed by atoms with Crippen molar-refractivity contribution in [2.24, 2.45) is 16.8 Å². The topological polar surface area (TPSA) is 53.6 Å². The monoisotopic (exact) mass is 208 g/mol. The van der Waals surface area contributed by atoms with Crippen molar-refractivity contribution in [3.8, 4) is 0 Å². The van der Waals surface area contributed by atoms with Gasteiger partial charge in [0.15, 0.2) is 0 Å². The van der Waals surface area contributed by atoms with Gasteiger partial charge in [0.1, 0.15) is 0 Å². The van der Waals surface area contributed by atoms with E-state index < -0.39 is 0 Å². The van der Waals surface area contributed by atoms with Crippen molar-refractivity contribution < 1.29 is 0 Å². The molecule has 3 saturated carbocycles. The maximum Gasteiger partial charge on any atom is 0.208 e. The number of hydrogen-bond donors (Lipinski definition) is 2. The van der Waals surface area contributed by atoms with E-state index in [0.29, 0.717) is 6.04 Å². The number of aliphatic imine (C=N–C) groups is 1. The summed E-state index contributed by atoms with van der Waals surface area (Å²) in [6.07, 6.45) is 7.91. The maximum absolute atomic E-state index is 5.59. The number of hydrogen-bond acceptors (Lipinski definition) is 2. The summed E-state index contributed by atoms with van der Waals surface area (Å²) < 4.78 is 0. The number of nitrogens with zero attached hydrogens (tertiary/aromatic N) is 2. The lowest BCUT2D eigenvalue weighted by Crippen LogP contribution is -2.47. The van der Waals surface area contributed by atoms with Gasteiger partial charge in [-0.05, 0) is 44.4 Å². The Balaban J connectivity index is 1.66. The largest absolute Gasteiger partial charge is 0.339 e. The second-order valence-corrected chi connectivity index (χ2v) is 5.16. The highest BCUT2D eigenvalue weighted by molar-refractivity contribution is 5.80. The summed E-state index contributed by atoms with van der Waals surface area (Å²) >= 11 is 0. The molecule has 84 valence electrons. The molecule has 3 aliphatic rings. The van der Waals surface area contributed by atoms with Gasteiger partial charge in [0.2, 0.25) is 5.96 Å². The van der Waals surface area contributed by atoms with Crippen LogP contribution in [0.2, 0.25) is 0 Å². The minimum atomic E-state index is 0.552. The van der Waals surface area contributed by atoms with Crippen LogP contribution in [0.4, 0.5) is 0 Å². The summed E-state index contributed by atoms with van der Waals surface area (Å²) in [4.78, 5) is 7.07. The van der Waals surface area contributed by atoms with Crippen LogP contribution in [-0.2, 0) is 0 Å². The molecule has 3 rings (SSSR count). The zero-order valence-corrected chi connectivity index (χ0v) is 9.15. The van der Waals surface area contributed by atoms with Gasteiger partial charge in [-0.15, -0.1) is 0 Å². The van der Waals surface area contributed by atoms with E-state index >= 15 is 0 Å². The van der Waals surface area contributed by atoms with Crippen LogP contribution in [0.1, 0.15) is 38.5 Å². The molecule has 3 aliphatic carbocycles. The minimum Gasteiger partial charge on any atom is -0.339 e. The smallest absolute Gasteiger partial charge is 0.208 e. The first-order valence-electron chi connectivity index (χ1n) is 6.18. The lowest BCUT2D eigenvalue weighted by atomic mass is 10.3. The Bertz CT molecular complexity index is 264. The fourth-order valence-electron chi connectivity index (χ4n) is 1.94. The predicted molar refractivity (Wildman–Crippen MR) is 60.2 cm³/mol. The molecule has 0 aromatic heterocycles. The van der Waals surface area contributed by atoms with E-state index in [0.717, 1.165) is 17.9 Å². The molecule has 0 aromatic carbocycles. The molecule has 4 heteroatoms. The molecule has 0 bridgehead atoms. The van der Waals surface area contributed by atoms with Gasteiger partial charge in [-0.25, -0.2) is 10.8 Å². The first-order valence-corrected chi connectivity index (χ1v) is 6.18. The summed E-state index contributed by atoms with van der Waals surface area (Å²) in [6, 6.07) is 1.27. The maximum atomic E-state index is 5.59. The normalized spacial score (nSPS) is 26.6. The molecule has 15 heavy (non-hydrogen) atoms. The van der Waals surface area contributed by atoms with E-state index in [4.69, 9.17) is 5.84 Å². The average Bonchev–Trinajstić information content (AvgIpc) is 3.11. The van der Waals surface area contributed by atoms with Gasteiger partial charge in [0.25, 0.3) is 0 Å². The number of nitrogens with one attached hydrogen (secondary N) is 1. The molecule has 0 amide bonds. The van der Waals surface area contributed by atoms with Gasteiger partial charge < -0.3 is 4.90 Å². The van der Waals surface area contributed by atoms with Gasteiger partial charge in [0.05, 0.1) is 6.04 Å². The molecular formula is C11H20N4. The Morgan fingerprint density at radius 1 is 1.20 bits per heavy atom. The number of nitrogens with two attached hydrogens (primary N) is 1. The summed E-state index contributed by atoms with van der Waals surface area (Å²) in [5, 5.41) is 0. The van der Waals surface area contributed by atoms with Crippen LogP contribution < -0.4 is 11.3 Å². The molecule has 0 aromatic rings. The molecule has 0 aliphatic heterocycles. The van der Waals surface area contributed by atoms with Crippen LogP contribution >= 0.6 is 0 Å². The number of hydrazine groups is 1. The highest BCUT2D eigenvalue weighted by Crippen LogP contribution is 2.35. The Labute approximate surface area is 90.9 Å². The van der Waals surface area contributed by atoms with Crippen molar-refractivity contribution in [1.82, 2.24) is 10.3 Å². The summed E-state index contributed by atoms with van der Waals surface area (Å²) in [5.41, 5.74) is 2.80. The molecule has 0 radical (unpaired) electrons. The van der Waals surface area contributed by atoms with Gasteiger partial charge in [-0.3, -0.25) is 5.43 Å². The molecule has 4 nitrogen and oxygen atoms in total. The third kappa shape index (κ3) is 2.43. The molecule has 0 saturated heterocycles.